The number of carbonyl (C=O) groups is 1. The molecule has 1 aliphatic heterocycles. The number of aromatic nitrogens is 3. The number of amides is 1. The summed E-state index contributed by atoms with van der Waals surface area (Å²) in [5.74, 6) is -2.51. The molecule has 2 aromatic heterocycles. The molecule has 156 valence electrons. The highest BCUT2D eigenvalue weighted by Crippen LogP contribution is 2.49. The Morgan fingerprint density at radius 2 is 1.97 bits per heavy atom. The standard InChI is InChI=1S/C20H16F4N4O2/c1-10(11-3-2-4-12(7-11)13-5-6-14(21)25-9-13)17-16-18(28-27-17)26-15(29)8-19(16,30)20(22,23)24/h2-7,9-10,30H,8H2,1H3,(H2,26,27,28,29)/t10-,19?/m0/s1. The van der Waals surface area contributed by atoms with Gasteiger partial charge in [-0.05, 0) is 23.3 Å². The summed E-state index contributed by atoms with van der Waals surface area (Å²) in [6.07, 6.45) is -4.86. The van der Waals surface area contributed by atoms with E-state index in [1.54, 1.807) is 37.3 Å². The molecule has 0 bridgehead atoms. The van der Waals surface area contributed by atoms with Gasteiger partial charge in [0.2, 0.25) is 11.9 Å². The van der Waals surface area contributed by atoms with Crippen LogP contribution in [0.25, 0.3) is 11.1 Å². The SMILES string of the molecule is C[C@@H](c1cccc(-c2ccc(F)nc2)c1)c1n[nH]c2c1C(O)(C(F)(F)F)CC(=O)N2. The number of fused-ring (bicyclic) bond motifs is 1. The Hall–Kier alpha value is -3.27. The number of rotatable bonds is 3. The molecule has 0 saturated carbocycles. The van der Waals surface area contributed by atoms with Crippen LogP contribution in [0.15, 0.2) is 42.6 Å². The van der Waals surface area contributed by atoms with Crippen LogP contribution in [0.3, 0.4) is 0 Å². The maximum atomic E-state index is 13.7. The van der Waals surface area contributed by atoms with Crippen LogP contribution < -0.4 is 5.32 Å². The molecule has 1 aromatic carbocycles. The summed E-state index contributed by atoms with van der Waals surface area (Å²) in [4.78, 5) is 15.3. The molecule has 1 unspecified atom stereocenters. The third-order valence-corrected chi connectivity index (χ3v) is 5.22. The summed E-state index contributed by atoms with van der Waals surface area (Å²) in [5, 5.41) is 19.1. The summed E-state index contributed by atoms with van der Waals surface area (Å²) in [5.41, 5.74) is -1.92. The van der Waals surface area contributed by atoms with Crippen LogP contribution in [0.2, 0.25) is 0 Å². The lowest BCUT2D eigenvalue weighted by atomic mass is 9.82. The zero-order valence-corrected chi connectivity index (χ0v) is 15.6. The second-order valence-corrected chi connectivity index (χ2v) is 7.16. The molecule has 0 fully saturated rings. The number of hydrogen-bond donors (Lipinski definition) is 3. The Morgan fingerprint density at radius 1 is 1.20 bits per heavy atom. The molecule has 1 aliphatic rings. The predicted molar refractivity (Wildman–Crippen MR) is 98.9 cm³/mol. The van der Waals surface area contributed by atoms with Gasteiger partial charge in [0.05, 0.1) is 17.7 Å². The highest BCUT2D eigenvalue weighted by atomic mass is 19.4. The highest BCUT2D eigenvalue weighted by Gasteiger charge is 2.60. The van der Waals surface area contributed by atoms with E-state index in [-0.39, 0.29) is 11.5 Å². The molecule has 3 N–H and O–H groups in total. The van der Waals surface area contributed by atoms with Gasteiger partial charge in [-0.15, -0.1) is 0 Å². The molecule has 0 aliphatic carbocycles. The topological polar surface area (TPSA) is 90.9 Å². The molecule has 6 nitrogen and oxygen atoms in total. The summed E-state index contributed by atoms with van der Waals surface area (Å²) in [7, 11) is 0. The first-order valence-corrected chi connectivity index (χ1v) is 9.00. The van der Waals surface area contributed by atoms with Crippen LogP contribution in [0.1, 0.15) is 36.1 Å². The summed E-state index contributed by atoms with van der Waals surface area (Å²) in [6, 6.07) is 9.66. The van der Waals surface area contributed by atoms with Gasteiger partial charge in [-0.2, -0.15) is 22.7 Å². The van der Waals surface area contributed by atoms with Gasteiger partial charge in [0.15, 0.2) is 5.60 Å². The quantitative estimate of drug-likeness (QED) is 0.443. The van der Waals surface area contributed by atoms with E-state index in [4.69, 9.17) is 0 Å². The molecular weight excluding hydrogens is 404 g/mol. The lowest BCUT2D eigenvalue weighted by molar-refractivity contribution is -0.267. The van der Waals surface area contributed by atoms with E-state index in [0.717, 1.165) is 0 Å². The van der Waals surface area contributed by atoms with Crippen molar-refractivity contribution in [2.24, 2.45) is 0 Å². The fourth-order valence-electron chi connectivity index (χ4n) is 3.62. The molecule has 4 rings (SSSR count). The van der Waals surface area contributed by atoms with Crippen LogP contribution in [-0.4, -0.2) is 32.4 Å². The number of anilines is 1. The Labute approximate surface area is 168 Å². The molecule has 10 heteroatoms. The Bertz CT molecular complexity index is 1110. The molecule has 30 heavy (non-hydrogen) atoms. The number of carbonyl (C=O) groups excluding carboxylic acids is 1. The van der Waals surface area contributed by atoms with E-state index in [2.05, 4.69) is 20.5 Å². The van der Waals surface area contributed by atoms with E-state index < -0.39 is 41.5 Å². The minimum atomic E-state index is -5.07. The van der Waals surface area contributed by atoms with E-state index in [1.807, 2.05) is 0 Å². The van der Waals surface area contributed by atoms with Crippen molar-refractivity contribution in [3.05, 3.63) is 65.4 Å². The predicted octanol–water partition coefficient (Wildman–Crippen LogP) is 3.85. The maximum absolute atomic E-state index is 13.7. The Balaban J connectivity index is 1.78. The normalized spacial score (nSPS) is 19.9. The average molecular weight is 420 g/mol. The second-order valence-electron chi connectivity index (χ2n) is 7.16. The molecule has 0 radical (unpaired) electrons. The smallest absolute Gasteiger partial charge is 0.376 e. The molecule has 0 saturated heterocycles. The zero-order chi connectivity index (χ0) is 21.7. The molecular formula is C20H16F4N4O2. The number of nitrogens with zero attached hydrogens (tertiary/aromatic N) is 2. The first kappa shape index (κ1) is 20.0. The van der Waals surface area contributed by atoms with E-state index in [0.29, 0.717) is 16.7 Å². The van der Waals surface area contributed by atoms with Crippen LogP contribution in [0.4, 0.5) is 23.4 Å². The van der Waals surface area contributed by atoms with Crippen molar-refractivity contribution in [2.75, 3.05) is 5.32 Å². The van der Waals surface area contributed by atoms with Gasteiger partial charge in [0, 0.05) is 17.7 Å². The molecule has 3 heterocycles. The van der Waals surface area contributed by atoms with E-state index >= 15 is 0 Å². The minimum absolute atomic E-state index is 0.0285. The number of nitrogens with one attached hydrogen (secondary N) is 2. The van der Waals surface area contributed by atoms with Crippen LogP contribution >= 0.6 is 0 Å². The first-order chi connectivity index (χ1) is 14.1. The Kier molecular flexibility index (Phi) is 4.61. The number of hydrogen-bond acceptors (Lipinski definition) is 4. The number of alkyl halides is 3. The van der Waals surface area contributed by atoms with E-state index in [1.165, 1.54) is 12.3 Å². The van der Waals surface area contributed by atoms with Crippen molar-refractivity contribution in [3.8, 4) is 11.1 Å². The zero-order valence-electron chi connectivity index (χ0n) is 15.6. The fourth-order valence-corrected chi connectivity index (χ4v) is 3.62. The van der Waals surface area contributed by atoms with E-state index in [9.17, 15) is 27.5 Å². The maximum Gasteiger partial charge on any atom is 0.422 e. The monoisotopic (exact) mass is 420 g/mol. The van der Waals surface area contributed by atoms with Gasteiger partial charge >= 0.3 is 6.18 Å². The third kappa shape index (κ3) is 3.22. The first-order valence-electron chi connectivity index (χ1n) is 9.00. The van der Waals surface area contributed by atoms with Gasteiger partial charge in [0.25, 0.3) is 0 Å². The largest absolute Gasteiger partial charge is 0.422 e. The van der Waals surface area contributed by atoms with Crippen LogP contribution in [-0.2, 0) is 10.4 Å². The van der Waals surface area contributed by atoms with Crippen molar-refractivity contribution in [3.63, 3.8) is 0 Å². The molecule has 2 atom stereocenters. The van der Waals surface area contributed by atoms with Gasteiger partial charge in [-0.3, -0.25) is 9.89 Å². The van der Waals surface area contributed by atoms with Gasteiger partial charge in [-0.1, -0.05) is 31.2 Å². The van der Waals surface area contributed by atoms with Gasteiger partial charge < -0.3 is 10.4 Å². The fraction of sp³-hybridized carbons (Fsp3) is 0.250. The Morgan fingerprint density at radius 3 is 2.63 bits per heavy atom. The summed E-state index contributed by atoms with van der Waals surface area (Å²) in [6.45, 7) is 1.64. The molecule has 3 aromatic rings. The number of benzene rings is 1. The summed E-state index contributed by atoms with van der Waals surface area (Å²) < 4.78 is 54.2. The minimum Gasteiger partial charge on any atom is -0.376 e. The number of aliphatic hydroxyl groups is 1. The highest BCUT2D eigenvalue weighted by molar-refractivity contribution is 5.94. The van der Waals surface area contributed by atoms with Crippen LogP contribution in [0, 0.1) is 5.95 Å². The number of aromatic amines is 1. The third-order valence-electron chi connectivity index (χ3n) is 5.22. The lowest BCUT2D eigenvalue weighted by Gasteiger charge is -2.34. The number of H-pyrrole nitrogens is 1. The average Bonchev–Trinajstić information content (AvgIpc) is 3.11. The molecule has 0 spiro atoms. The number of halogens is 4. The second kappa shape index (κ2) is 6.91. The van der Waals surface area contributed by atoms with Crippen molar-refractivity contribution >= 4 is 11.7 Å². The van der Waals surface area contributed by atoms with Crippen molar-refractivity contribution in [2.45, 2.75) is 31.0 Å². The summed E-state index contributed by atoms with van der Waals surface area (Å²) >= 11 is 0. The lowest BCUT2D eigenvalue weighted by Crippen LogP contribution is -2.48. The van der Waals surface area contributed by atoms with Crippen molar-refractivity contribution in [1.29, 1.82) is 0 Å². The van der Waals surface area contributed by atoms with Crippen molar-refractivity contribution < 1.29 is 27.5 Å². The van der Waals surface area contributed by atoms with Crippen molar-refractivity contribution in [1.82, 2.24) is 15.2 Å². The molecule has 1 amide bonds. The van der Waals surface area contributed by atoms with Gasteiger partial charge in [-0.25, -0.2) is 4.98 Å². The number of pyridine rings is 1. The van der Waals surface area contributed by atoms with Crippen LogP contribution in [0.5, 0.6) is 0 Å². The van der Waals surface area contributed by atoms with Gasteiger partial charge in [0.1, 0.15) is 5.82 Å².